The molecule has 6 nitrogen and oxygen atoms in total. The lowest BCUT2D eigenvalue weighted by Gasteiger charge is -2.07. The molecule has 0 aliphatic heterocycles. The molecule has 1 N–H and O–H groups in total. The highest BCUT2D eigenvalue weighted by Gasteiger charge is 2.18. The van der Waals surface area contributed by atoms with E-state index < -0.39 is 15.9 Å². The fraction of sp³-hybridized carbons (Fsp3) is 0.133. The maximum atomic E-state index is 12.1. The molecule has 0 radical (unpaired) electrons. The van der Waals surface area contributed by atoms with Crippen molar-refractivity contribution in [1.82, 2.24) is 9.71 Å². The number of halogens is 1. The number of nitrogens with zero attached hydrogens (tertiary/aromatic N) is 2. The van der Waals surface area contributed by atoms with Crippen LogP contribution in [0.25, 0.3) is 0 Å². The van der Waals surface area contributed by atoms with Crippen molar-refractivity contribution in [3.8, 4) is 6.07 Å². The smallest absolute Gasteiger partial charge is 0.265 e. The number of sulfonamides is 1. The van der Waals surface area contributed by atoms with E-state index in [0.717, 1.165) is 5.56 Å². The lowest BCUT2D eigenvalue weighted by molar-refractivity contribution is -0.116. The number of hydrogen-bond acceptors (Lipinski definition) is 6. The van der Waals surface area contributed by atoms with Crippen molar-refractivity contribution in [3.63, 3.8) is 0 Å². The van der Waals surface area contributed by atoms with Crippen LogP contribution in [0.5, 0.6) is 0 Å². The van der Waals surface area contributed by atoms with Gasteiger partial charge in [-0.15, -0.1) is 11.8 Å². The van der Waals surface area contributed by atoms with Crippen molar-refractivity contribution in [3.05, 3.63) is 58.3 Å². The number of carbonyl (C=O) groups is 1. The van der Waals surface area contributed by atoms with Gasteiger partial charge in [0.25, 0.3) is 10.0 Å². The molecule has 0 aliphatic rings. The fourth-order valence-corrected chi connectivity index (χ4v) is 4.08. The minimum atomic E-state index is -3.93. The van der Waals surface area contributed by atoms with Crippen molar-refractivity contribution >= 4 is 43.6 Å². The van der Waals surface area contributed by atoms with Crippen molar-refractivity contribution in [2.45, 2.75) is 10.6 Å². The summed E-state index contributed by atoms with van der Waals surface area (Å²) >= 11 is 4.42. The molecular formula is C15H12BrN3O3S2. The Morgan fingerprint density at radius 2 is 2.00 bits per heavy atom. The highest BCUT2D eigenvalue weighted by molar-refractivity contribution is 9.10. The molecule has 9 heteroatoms. The van der Waals surface area contributed by atoms with E-state index in [0.29, 0.717) is 15.8 Å². The fourth-order valence-electron chi connectivity index (χ4n) is 1.71. The maximum absolute atomic E-state index is 12.1. The first-order valence-electron chi connectivity index (χ1n) is 6.64. The van der Waals surface area contributed by atoms with Crippen LogP contribution in [0.15, 0.2) is 52.1 Å². The number of carbonyl (C=O) groups excluding carboxylic acids is 1. The van der Waals surface area contributed by atoms with E-state index in [1.165, 1.54) is 30.2 Å². The standard InChI is InChI=1S/C15H12BrN3O3S2/c16-13-5-14(8-18-7-13)24(21,22)19-15(20)10-23-9-12-3-1-11(6-17)2-4-12/h1-5,7-8H,9-10H2,(H,19,20). The van der Waals surface area contributed by atoms with E-state index in [1.54, 1.807) is 24.3 Å². The van der Waals surface area contributed by atoms with Gasteiger partial charge in [-0.05, 0) is 39.7 Å². The Balaban J connectivity index is 1.87. The Morgan fingerprint density at radius 1 is 1.29 bits per heavy atom. The zero-order valence-corrected chi connectivity index (χ0v) is 15.5. The summed E-state index contributed by atoms with van der Waals surface area (Å²) in [6, 6.07) is 10.4. The molecule has 1 heterocycles. The number of pyridine rings is 1. The number of thioether (sulfide) groups is 1. The highest BCUT2D eigenvalue weighted by Crippen LogP contribution is 2.15. The first-order chi connectivity index (χ1) is 11.4. The normalized spacial score (nSPS) is 10.8. The average Bonchev–Trinajstić information content (AvgIpc) is 2.55. The molecule has 0 atom stereocenters. The third-order valence-corrected chi connectivity index (χ3v) is 5.60. The molecule has 0 bridgehead atoms. The maximum Gasteiger partial charge on any atom is 0.265 e. The Labute approximate surface area is 152 Å². The van der Waals surface area contributed by atoms with Gasteiger partial charge in [-0.2, -0.15) is 5.26 Å². The van der Waals surface area contributed by atoms with Crippen molar-refractivity contribution < 1.29 is 13.2 Å². The van der Waals surface area contributed by atoms with Gasteiger partial charge in [0, 0.05) is 22.6 Å². The summed E-state index contributed by atoms with van der Waals surface area (Å²) < 4.78 is 26.7. The van der Waals surface area contributed by atoms with Crippen LogP contribution in [0.3, 0.4) is 0 Å². The van der Waals surface area contributed by atoms with E-state index in [1.807, 2.05) is 10.8 Å². The predicted octanol–water partition coefficient (Wildman–Crippen LogP) is 2.45. The molecule has 1 aromatic heterocycles. The predicted molar refractivity (Wildman–Crippen MR) is 94.6 cm³/mol. The zero-order valence-electron chi connectivity index (χ0n) is 12.3. The summed E-state index contributed by atoms with van der Waals surface area (Å²) in [6.07, 6.45) is 2.62. The number of aromatic nitrogens is 1. The quantitative estimate of drug-likeness (QED) is 0.762. The second kappa shape index (κ2) is 8.28. The third-order valence-electron chi connectivity index (χ3n) is 2.82. The van der Waals surface area contributed by atoms with Gasteiger partial charge in [0.15, 0.2) is 0 Å². The molecule has 0 fully saturated rings. The second-order valence-corrected chi connectivity index (χ2v) is 8.25. The number of rotatable bonds is 6. The molecule has 1 aromatic carbocycles. The lowest BCUT2D eigenvalue weighted by Crippen LogP contribution is -2.32. The molecule has 0 saturated carbocycles. The van der Waals surface area contributed by atoms with E-state index >= 15 is 0 Å². The first-order valence-corrected chi connectivity index (χ1v) is 10.1. The van der Waals surface area contributed by atoms with E-state index in [2.05, 4.69) is 20.9 Å². The first kappa shape index (κ1) is 18.4. The molecule has 0 saturated heterocycles. The van der Waals surface area contributed by atoms with Gasteiger partial charge in [-0.1, -0.05) is 12.1 Å². The average molecular weight is 426 g/mol. The Hall–Kier alpha value is -1.89. The Morgan fingerprint density at radius 3 is 2.62 bits per heavy atom. The summed E-state index contributed by atoms with van der Waals surface area (Å²) in [7, 11) is -3.93. The second-order valence-electron chi connectivity index (χ2n) is 4.67. The van der Waals surface area contributed by atoms with Crippen molar-refractivity contribution in [2.24, 2.45) is 0 Å². The summed E-state index contributed by atoms with van der Waals surface area (Å²) in [5, 5.41) is 8.72. The molecule has 24 heavy (non-hydrogen) atoms. The summed E-state index contributed by atoms with van der Waals surface area (Å²) in [5.74, 6) is -0.0632. The largest absolute Gasteiger partial charge is 0.273 e. The van der Waals surface area contributed by atoms with Crippen molar-refractivity contribution in [1.29, 1.82) is 5.26 Å². The Kier molecular flexibility index (Phi) is 6.36. The number of amides is 1. The summed E-state index contributed by atoms with van der Waals surface area (Å²) in [6.45, 7) is 0. The van der Waals surface area contributed by atoms with Crippen LogP contribution < -0.4 is 4.72 Å². The molecular weight excluding hydrogens is 414 g/mol. The molecule has 124 valence electrons. The molecule has 0 spiro atoms. The lowest BCUT2D eigenvalue weighted by atomic mass is 10.2. The molecule has 2 rings (SSSR count). The molecule has 0 unspecified atom stereocenters. The number of nitrogens with one attached hydrogen (secondary N) is 1. The SMILES string of the molecule is N#Cc1ccc(CSCC(=O)NS(=O)(=O)c2cncc(Br)c2)cc1. The highest BCUT2D eigenvalue weighted by atomic mass is 79.9. The van der Waals surface area contributed by atoms with Crippen LogP contribution >= 0.6 is 27.7 Å². The number of hydrogen-bond donors (Lipinski definition) is 1. The molecule has 1 amide bonds. The van der Waals surface area contributed by atoms with E-state index in [9.17, 15) is 13.2 Å². The van der Waals surface area contributed by atoms with Gasteiger partial charge in [0.05, 0.1) is 17.4 Å². The van der Waals surface area contributed by atoms with Gasteiger partial charge >= 0.3 is 0 Å². The van der Waals surface area contributed by atoms with Crippen LogP contribution in [-0.2, 0) is 20.6 Å². The van der Waals surface area contributed by atoms with Gasteiger partial charge in [-0.3, -0.25) is 9.78 Å². The van der Waals surface area contributed by atoms with E-state index in [4.69, 9.17) is 5.26 Å². The third kappa shape index (κ3) is 5.33. The summed E-state index contributed by atoms with van der Waals surface area (Å²) in [5.41, 5.74) is 1.51. The molecule has 2 aromatic rings. The summed E-state index contributed by atoms with van der Waals surface area (Å²) in [4.78, 5) is 15.5. The zero-order chi connectivity index (χ0) is 17.6. The van der Waals surface area contributed by atoms with Crippen LogP contribution in [0.4, 0.5) is 0 Å². The van der Waals surface area contributed by atoms with Crippen molar-refractivity contribution in [2.75, 3.05) is 5.75 Å². The van der Waals surface area contributed by atoms with Gasteiger partial charge in [-0.25, -0.2) is 13.1 Å². The number of nitriles is 1. The number of benzene rings is 1. The minimum absolute atomic E-state index is 0.000658. The van der Waals surface area contributed by atoms with E-state index in [-0.39, 0.29) is 10.6 Å². The van der Waals surface area contributed by atoms with Gasteiger partial charge in [0.2, 0.25) is 5.91 Å². The van der Waals surface area contributed by atoms with Crippen LogP contribution in [0.1, 0.15) is 11.1 Å². The Bertz CT molecular complexity index is 878. The molecule has 0 aliphatic carbocycles. The van der Waals surface area contributed by atoms with Crippen LogP contribution in [0.2, 0.25) is 0 Å². The van der Waals surface area contributed by atoms with Gasteiger partial charge in [0.1, 0.15) is 4.90 Å². The monoisotopic (exact) mass is 425 g/mol. The topological polar surface area (TPSA) is 99.9 Å². The minimum Gasteiger partial charge on any atom is -0.273 e. The van der Waals surface area contributed by atoms with Gasteiger partial charge < -0.3 is 0 Å². The van der Waals surface area contributed by atoms with Crippen LogP contribution in [0, 0.1) is 11.3 Å². The van der Waals surface area contributed by atoms with Crippen LogP contribution in [-0.4, -0.2) is 25.1 Å².